The highest BCUT2D eigenvalue weighted by Crippen LogP contribution is 2.14. The topological polar surface area (TPSA) is 44.5 Å². The monoisotopic (exact) mass is 455 g/mol. The molecular weight excluding hydrogens is 425 g/mol. The lowest BCUT2D eigenvalue weighted by Crippen LogP contribution is -3.00. The largest absolute Gasteiger partial charge is 1.00 e. The number of rotatable bonds is 11. The van der Waals surface area contributed by atoms with Crippen LogP contribution in [0.5, 0.6) is 0 Å². The van der Waals surface area contributed by atoms with E-state index in [0.717, 1.165) is 31.7 Å². The Morgan fingerprint density at radius 3 is 2.48 bits per heavy atom. The molecule has 0 bridgehead atoms. The molecule has 4 nitrogen and oxygen atoms in total. The summed E-state index contributed by atoms with van der Waals surface area (Å²) in [5, 5.41) is 3.06. The molecule has 0 radical (unpaired) electrons. The Kier molecular flexibility index (Phi) is 11.4. The second-order valence-corrected chi connectivity index (χ2v) is 6.48. The molecule has 0 spiro atoms. The van der Waals surface area contributed by atoms with Gasteiger partial charge in [0.05, 0.1) is 12.1 Å². The van der Waals surface area contributed by atoms with E-state index >= 15 is 0 Å². The smallest absolute Gasteiger partial charge is 0.235 e. The predicted molar refractivity (Wildman–Crippen MR) is 100 cm³/mol. The maximum atomic E-state index is 12.1. The number of carbonyl (C=O) groups excluding carboxylic acids is 1. The van der Waals surface area contributed by atoms with Crippen LogP contribution in [0.4, 0.5) is 0 Å². The second kappa shape index (κ2) is 13.0. The van der Waals surface area contributed by atoms with Crippen LogP contribution in [0, 0.1) is 0 Å². The highest BCUT2D eigenvalue weighted by molar-refractivity contribution is 6.14. The Morgan fingerprint density at radius 1 is 1.12 bits per heavy atom. The van der Waals surface area contributed by atoms with Crippen LogP contribution in [-0.2, 0) is 4.79 Å². The van der Waals surface area contributed by atoms with Crippen molar-refractivity contribution in [1.29, 1.82) is 0 Å². The molecule has 25 heavy (non-hydrogen) atoms. The Bertz CT molecular complexity index is 557. The van der Waals surface area contributed by atoms with Crippen molar-refractivity contribution >= 4 is 18.3 Å². The van der Waals surface area contributed by atoms with Gasteiger partial charge in [0.1, 0.15) is 6.54 Å². The first kappa shape index (κ1) is 21.8. The van der Waals surface area contributed by atoms with E-state index in [2.05, 4.69) is 21.1 Å². The van der Waals surface area contributed by atoms with Gasteiger partial charge in [0.15, 0.2) is 6.21 Å². The van der Waals surface area contributed by atoms with Gasteiger partial charge < -0.3 is 29.3 Å². The predicted octanol–water partition coefficient (Wildman–Crippen LogP) is 0.376. The highest BCUT2D eigenvalue weighted by atomic mass is 127. The highest BCUT2D eigenvalue weighted by Gasteiger charge is 2.13. The molecule has 0 saturated heterocycles. The molecule has 1 atom stereocenters. The molecule has 138 valence electrons. The molecule has 1 aromatic rings. The molecule has 0 fully saturated rings. The van der Waals surface area contributed by atoms with Crippen molar-refractivity contribution in [2.24, 2.45) is 4.99 Å². The third kappa shape index (κ3) is 8.61. The molecule has 0 aliphatic carbocycles. The van der Waals surface area contributed by atoms with Gasteiger partial charge in [-0.25, -0.2) is 9.57 Å². The van der Waals surface area contributed by atoms with Crippen molar-refractivity contribution in [3.63, 3.8) is 0 Å². The number of hydrogen-bond donors (Lipinski definition) is 1. The third-order valence-electron chi connectivity index (χ3n) is 4.51. The van der Waals surface area contributed by atoms with Crippen molar-refractivity contribution in [3.05, 3.63) is 35.9 Å². The first-order chi connectivity index (χ1) is 11.8. The Morgan fingerprint density at radius 2 is 1.80 bits per heavy atom. The Balaban J connectivity index is 0.00000312. The molecular formula is C20H30IN3O. The first-order valence-corrected chi connectivity index (χ1v) is 9.17. The molecule has 0 unspecified atom stereocenters. The second-order valence-electron chi connectivity index (χ2n) is 6.48. The molecule has 0 saturated carbocycles. The fraction of sp³-hybridized carbons (Fsp3) is 0.550. The third-order valence-corrected chi connectivity index (χ3v) is 4.51. The van der Waals surface area contributed by atoms with Gasteiger partial charge in [-0.05, 0) is 25.3 Å². The van der Waals surface area contributed by atoms with Crippen LogP contribution in [0.1, 0.15) is 56.9 Å². The molecule has 1 aliphatic rings. The summed E-state index contributed by atoms with van der Waals surface area (Å²) in [4.78, 5) is 16.3. The Labute approximate surface area is 168 Å². The first-order valence-electron chi connectivity index (χ1n) is 9.17. The Hall–Kier alpha value is -1.24. The summed E-state index contributed by atoms with van der Waals surface area (Å²) in [6, 6.07) is 9.96. The van der Waals surface area contributed by atoms with Crippen molar-refractivity contribution in [2.45, 2.75) is 51.4 Å². The van der Waals surface area contributed by atoms with E-state index in [9.17, 15) is 4.79 Å². The average Bonchev–Trinajstić information content (AvgIpc) is 3.13. The van der Waals surface area contributed by atoms with Crippen LogP contribution in [0.2, 0.25) is 0 Å². The van der Waals surface area contributed by atoms with Crippen LogP contribution < -0.4 is 29.3 Å². The van der Waals surface area contributed by atoms with Gasteiger partial charge in [0.25, 0.3) is 0 Å². The minimum Gasteiger partial charge on any atom is -1.00 e. The number of nitrogens with zero attached hydrogens (tertiary/aromatic N) is 2. The number of amides is 1. The summed E-state index contributed by atoms with van der Waals surface area (Å²) in [5.41, 5.74) is 1.08. The SMILES string of the molecule is C[C@@H](C(=O)NCCCCCCCC[N+]1=CC=NC1)c1ccccc1.[I-]. The molecule has 1 aliphatic heterocycles. The summed E-state index contributed by atoms with van der Waals surface area (Å²) in [6.07, 6.45) is 11.3. The summed E-state index contributed by atoms with van der Waals surface area (Å²) < 4.78 is 2.25. The van der Waals surface area contributed by atoms with Gasteiger partial charge in [0, 0.05) is 13.0 Å². The van der Waals surface area contributed by atoms with E-state index in [1.54, 1.807) is 0 Å². The van der Waals surface area contributed by atoms with Gasteiger partial charge in [-0.2, -0.15) is 0 Å². The van der Waals surface area contributed by atoms with Gasteiger partial charge >= 0.3 is 0 Å². The lowest BCUT2D eigenvalue weighted by Gasteiger charge is -2.12. The zero-order valence-electron chi connectivity index (χ0n) is 15.2. The minimum atomic E-state index is -0.0717. The van der Waals surface area contributed by atoms with Crippen LogP contribution >= 0.6 is 0 Å². The number of benzene rings is 1. The van der Waals surface area contributed by atoms with Gasteiger partial charge in [0.2, 0.25) is 12.6 Å². The molecule has 0 aromatic heterocycles. The molecule has 5 heteroatoms. The van der Waals surface area contributed by atoms with Crippen molar-refractivity contribution in [2.75, 3.05) is 19.8 Å². The van der Waals surface area contributed by atoms with E-state index in [1.165, 1.54) is 32.1 Å². The maximum Gasteiger partial charge on any atom is 0.235 e. The van der Waals surface area contributed by atoms with E-state index in [0.29, 0.717) is 0 Å². The number of aliphatic imine (C=N–C) groups is 1. The molecule has 1 aromatic carbocycles. The number of nitrogens with one attached hydrogen (secondary N) is 1. The standard InChI is InChI=1S/C20H29N3O.HI/c1-18(19-11-7-6-8-12-19)20(24)22-13-9-4-2-3-5-10-15-23-16-14-21-17-23;/h6-8,11-12,14,16,18H,2-5,9-10,13,15,17H2,1H3;1H/t18-;/m1./s1. The van der Waals surface area contributed by atoms with E-state index in [4.69, 9.17) is 0 Å². The normalized spacial score (nSPS) is 13.9. The summed E-state index contributed by atoms with van der Waals surface area (Å²) in [6.45, 7) is 4.71. The lowest BCUT2D eigenvalue weighted by molar-refractivity contribution is -0.517. The van der Waals surface area contributed by atoms with Gasteiger partial charge in [-0.3, -0.25) is 4.79 Å². The van der Waals surface area contributed by atoms with Crippen LogP contribution in [-0.4, -0.2) is 42.7 Å². The van der Waals surface area contributed by atoms with E-state index < -0.39 is 0 Å². The average molecular weight is 455 g/mol. The van der Waals surface area contributed by atoms with Crippen LogP contribution in [0.3, 0.4) is 0 Å². The number of hydrogen-bond acceptors (Lipinski definition) is 2. The quantitative estimate of drug-likeness (QED) is 0.293. The van der Waals surface area contributed by atoms with Crippen LogP contribution in [0.15, 0.2) is 35.3 Å². The van der Waals surface area contributed by atoms with E-state index in [1.807, 2.05) is 43.5 Å². The molecule has 1 amide bonds. The summed E-state index contributed by atoms with van der Waals surface area (Å²) in [5.74, 6) is 0.0582. The maximum absolute atomic E-state index is 12.1. The van der Waals surface area contributed by atoms with Gasteiger partial charge in [-0.15, -0.1) is 0 Å². The minimum absolute atomic E-state index is 0. The number of unbranched alkanes of at least 4 members (excludes halogenated alkanes) is 5. The summed E-state index contributed by atoms with van der Waals surface area (Å²) in [7, 11) is 0. The molecule has 2 rings (SSSR count). The zero-order chi connectivity index (χ0) is 17.0. The van der Waals surface area contributed by atoms with Crippen molar-refractivity contribution < 1.29 is 33.3 Å². The number of carbonyl (C=O) groups is 1. The molecule has 1 N–H and O–H groups in total. The molecule has 1 heterocycles. The fourth-order valence-electron chi connectivity index (χ4n) is 2.89. The number of halogens is 1. The lowest BCUT2D eigenvalue weighted by atomic mass is 10.0. The van der Waals surface area contributed by atoms with Crippen LogP contribution in [0.25, 0.3) is 0 Å². The fourth-order valence-corrected chi connectivity index (χ4v) is 2.89. The van der Waals surface area contributed by atoms with Crippen molar-refractivity contribution in [3.8, 4) is 0 Å². The van der Waals surface area contributed by atoms with Crippen molar-refractivity contribution in [1.82, 2.24) is 5.32 Å². The summed E-state index contributed by atoms with van der Waals surface area (Å²) >= 11 is 0. The zero-order valence-corrected chi connectivity index (χ0v) is 17.3. The van der Waals surface area contributed by atoms with E-state index in [-0.39, 0.29) is 35.8 Å². The van der Waals surface area contributed by atoms with Gasteiger partial charge in [-0.1, -0.05) is 49.6 Å².